The van der Waals surface area contributed by atoms with Crippen LogP contribution >= 0.6 is 0 Å². The van der Waals surface area contributed by atoms with Crippen molar-refractivity contribution in [3.05, 3.63) is 54.0 Å². The van der Waals surface area contributed by atoms with Crippen LogP contribution in [-0.2, 0) is 13.0 Å². The molecule has 7 nitrogen and oxygen atoms in total. The number of aryl methyl sites for hydroxylation is 1. The molecule has 0 unspecified atom stereocenters. The standard InChI is InChI=1S/C21H24N6O/c1-3-4-7-17-24-19-20(18(25-26-21(19)22)16-6-5-12-23-16)27(17)13-14-8-10-15(28-2)11-9-14/h5-6,8-12,23H,3-4,7,13H2,1-2H3,(H2,22,26). The van der Waals surface area contributed by atoms with E-state index in [2.05, 4.69) is 38.8 Å². The predicted molar refractivity (Wildman–Crippen MR) is 110 cm³/mol. The van der Waals surface area contributed by atoms with E-state index in [1.807, 2.05) is 30.5 Å². The quantitative estimate of drug-likeness (QED) is 0.511. The number of hydrogen-bond donors (Lipinski definition) is 2. The van der Waals surface area contributed by atoms with E-state index in [4.69, 9.17) is 15.5 Å². The third-order valence-corrected chi connectivity index (χ3v) is 4.88. The number of rotatable bonds is 7. The second-order valence-electron chi connectivity index (χ2n) is 6.78. The van der Waals surface area contributed by atoms with Crippen LogP contribution in [0.4, 0.5) is 5.82 Å². The van der Waals surface area contributed by atoms with E-state index in [9.17, 15) is 0 Å². The number of aromatic nitrogens is 5. The van der Waals surface area contributed by atoms with Gasteiger partial charge in [0.1, 0.15) is 28.3 Å². The molecule has 3 heterocycles. The van der Waals surface area contributed by atoms with Gasteiger partial charge in [-0.2, -0.15) is 0 Å². The smallest absolute Gasteiger partial charge is 0.174 e. The topological polar surface area (TPSA) is 94.6 Å². The lowest BCUT2D eigenvalue weighted by Gasteiger charge is -2.11. The maximum absolute atomic E-state index is 6.14. The number of nitrogens with one attached hydrogen (secondary N) is 1. The Morgan fingerprint density at radius 2 is 1.96 bits per heavy atom. The highest BCUT2D eigenvalue weighted by Gasteiger charge is 2.20. The second-order valence-corrected chi connectivity index (χ2v) is 6.78. The van der Waals surface area contributed by atoms with Crippen LogP contribution in [0.25, 0.3) is 22.4 Å². The van der Waals surface area contributed by atoms with Crippen molar-refractivity contribution in [2.45, 2.75) is 32.7 Å². The summed E-state index contributed by atoms with van der Waals surface area (Å²) in [7, 11) is 1.67. The molecule has 0 aliphatic carbocycles. The molecule has 4 aromatic rings. The lowest BCUT2D eigenvalue weighted by atomic mass is 10.2. The van der Waals surface area contributed by atoms with Crippen LogP contribution in [0.2, 0.25) is 0 Å². The molecule has 0 saturated heterocycles. The van der Waals surface area contributed by atoms with Gasteiger partial charge in [-0.15, -0.1) is 10.2 Å². The first-order chi connectivity index (χ1) is 13.7. The average Bonchev–Trinajstić information content (AvgIpc) is 3.37. The van der Waals surface area contributed by atoms with Crippen LogP contribution in [-0.4, -0.2) is 31.8 Å². The molecular weight excluding hydrogens is 352 g/mol. The number of nitrogens with two attached hydrogens (primary N) is 1. The number of aromatic amines is 1. The minimum absolute atomic E-state index is 0.358. The summed E-state index contributed by atoms with van der Waals surface area (Å²) in [4.78, 5) is 8.07. The number of fused-ring (bicyclic) bond motifs is 1. The number of H-pyrrole nitrogens is 1. The van der Waals surface area contributed by atoms with E-state index in [0.29, 0.717) is 17.9 Å². The minimum atomic E-state index is 0.358. The first-order valence-corrected chi connectivity index (χ1v) is 9.49. The minimum Gasteiger partial charge on any atom is -0.497 e. The molecule has 4 rings (SSSR count). The number of methoxy groups -OCH3 is 1. The summed E-state index contributed by atoms with van der Waals surface area (Å²) in [5.74, 6) is 2.20. The van der Waals surface area contributed by atoms with Crippen molar-refractivity contribution in [2.24, 2.45) is 0 Å². The van der Waals surface area contributed by atoms with Crippen molar-refractivity contribution in [3.63, 3.8) is 0 Å². The van der Waals surface area contributed by atoms with Crippen molar-refractivity contribution < 1.29 is 4.74 Å². The summed E-state index contributed by atoms with van der Waals surface area (Å²) in [5.41, 5.74) is 10.6. The highest BCUT2D eigenvalue weighted by molar-refractivity contribution is 5.94. The number of nitrogen functional groups attached to an aromatic ring is 1. The van der Waals surface area contributed by atoms with Gasteiger partial charge in [-0.25, -0.2) is 4.98 Å². The summed E-state index contributed by atoms with van der Waals surface area (Å²) in [6.45, 7) is 2.86. The number of benzene rings is 1. The van der Waals surface area contributed by atoms with Gasteiger partial charge in [0.25, 0.3) is 0 Å². The molecule has 0 spiro atoms. The maximum atomic E-state index is 6.14. The molecule has 0 saturated carbocycles. The van der Waals surface area contributed by atoms with Gasteiger partial charge in [0, 0.05) is 19.2 Å². The Hall–Kier alpha value is -3.35. The Morgan fingerprint density at radius 1 is 1.14 bits per heavy atom. The fraction of sp³-hybridized carbons (Fsp3) is 0.286. The van der Waals surface area contributed by atoms with Crippen LogP contribution < -0.4 is 10.5 Å². The molecule has 0 aliphatic rings. The molecule has 0 radical (unpaired) electrons. The molecule has 3 N–H and O–H groups in total. The third kappa shape index (κ3) is 3.31. The first-order valence-electron chi connectivity index (χ1n) is 9.49. The van der Waals surface area contributed by atoms with Crippen LogP contribution in [0.1, 0.15) is 31.2 Å². The molecule has 0 aliphatic heterocycles. The summed E-state index contributed by atoms with van der Waals surface area (Å²) < 4.78 is 7.49. The number of nitrogens with zero attached hydrogens (tertiary/aromatic N) is 4. The number of imidazole rings is 1. The molecule has 28 heavy (non-hydrogen) atoms. The molecule has 7 heteroatoms. The predicted octanol–water partition coefficient (Wildman–Crippen LogP) is 3.80. The largest absolute Gasteiger partial charge is 0.497 e. The van der Waals surface area contributed by atoms with Gasteiger partial charge >= 0.3 is 0 Å². The van der Waals surface area contributed by atoms with E-state index >= 15 is 0 Å². The average molecular weight is 376 g/mol. The fourth-order valence-corrected chi connectivity index (χ4v) is 3.39. The van der Waals surface area contributed by atoms with E-state index < -0.39 is 0 Å². The molecule has 0 amide bonds. The van der Waals surface area contributed by atoms with Crippen molar-refractivity contribution >= 4 is 16.9 Å². The van der Waals surface area contributed by atoms with Crippen LogP contribution in [0.3, 0.4) is 0 Å². The Kier molecular flexibility index (Phi) is 4.97. The zero-order valence-corrected chi connectivity index (χ0v) is 16.1. The molecule has 0 atom stereocenters. The van der Waals surface area contributed by atoms with Gasteiger partial charge in [0.15, 0.2) is 5.82 Å². The zero-order chi connectivity index (χ0) is 19.5. The SMILES string of the molecule is CCCCc1nc2c(N)nnc(-c3ccc[nH]3)c2n1Cc1ccc(OC)cc1. The van der Waals surface area contributed by atoms with Gasteiger partial charge in [0.05, 0.1) is 12.8 Å². The highest BCUT2D eigenvalue weighted by atomic mass is 16.5. The lowest BCUT2D eigenvalue weighted by Crippen LogP contribution is -2.07. The zero-order valence-electron chi connectivity index (χ0n) is 16.1. The maximum Gasteiger partial charge on any atom is 0.174 e. The molecular formula is C21H24N6O. The van der Waals surface area contributed by atoms with E-state index in [1.165, 1.54) is 0 Å². The van der Waals surface area contributed by atoms with Crippen molar-refractivity contribution in [1.29, 1.82) is 0 Å². The van der Waals surface area contributed by atoms with Crippen molar-refractivity contribution in [1.82, 2.24) is 24.7 Å². The summed E-state index contributed by atoms with van der Waals surface area (Å²) in [6, 6.07) is 12.0. The number of ether oxygens (including phenoxy) is 1. The van der Waals surface area contributed by atoms with Crippen LogP contribution in [0.5, 0.6) is 5.75 Å². The lowest BCUT2D eigenvalue weighted by molar-refractivity contribution is 0.414. The molecule has 1 aromatic carbocycles. The third-order valence-electron chi connectivity index (χ3n) is 4.88. The summed E-state index contributed by atoms with van der Waals surface area (Å²) in [5, 5.41) is 8.53. The van der Waals surface area contributed by atoms with Crippen LogP contribution in [0.15, 0.2) is 42.6 Å². The number of hydrogen-bond acceptors (Lipinski definition) is 5. The van der Waals surface area contributed by atoms with Gasteiger partial charge in [0.2, 0.25) is 0 Å². The van der Waals surface area contributed by atoms with Crippen LogP contribution in [0, 0.1) is 0 Å². The molecule has 3 aromatic heterocycles. The number of anilines is 1. The van der Waals surface area contributed by atoms with Gasteiger partial charge in [-0.3, -0.25) is 0 Å². The van der Waals surface area contributed by atoms with E-state index in [0.717, 1.165) is 53.3 Å². The van der Waals surface area contributed by atoms with Crippen molar-refractivity contribution in [3.8, 4) is 17.1 Å². The van der Waals surface area contributed by atoms with E-state index in [-0.39, 0.29) is 0 Å². The van der Waals surface area contributed by atoms with Gasteiger partial charge < -0.3 is 20.0 Å². The van der Waals surface area contributed by atoms with Gasteiger partial charge in [-0.05, 0) is 36.2 Å². The van der Waals surface area contributed by atoms with Crippen molar-refractivity contribution in [2.75, 3.05) is 12.8 Å². The first kappa shape index (κ1) is 18.0. The Balaban J connectivity index is 1.88. The molecule has 144 valence electrons. The second kappa shape index (κ2) is 7.72. The monoisotopic (exact) mass is 376 g/mol. The fourth-order valence-electron chi connectivity index (χ4n) is 3.39. The normalized spacial score (nSPS) is 11.2. The highest BCUT2D eigenvalue weighted by Crippen LogP contribution is 2.30. The Morgan fingerprint density at radius 3 is 2.64 bits per heavy atom. The Labute approximate surface area is 163 Å². The molecule has 0 bridgehead atoms. The molecule has 0 fully saturated rings. The van der Waals surface area contributed by atoms with Gasteiger partial charge in [-0.1, -0.05) is 25.5 Å². The van der Waals surface area contributed by atoms with E-state index in [1.54, 1.807) is 7.11 Å². The summed E-state index contributed by atoms with van der Waals surface area (Å²) >= 11 is 0. The summed E-state index contributed by atoms with van der Waals surface area (Å²) in [6.07, 6.45) is 4.91. The Bertz CT molecular complexity index is 1070. The number of unbranched alkanes of at least 4 members (excludes halogenated alkanes) is 1.